The number of nitrogens with zero attached hydrogens (tertiary/aromatic N) is 3. The molecule has 1 saturated carbocycles. The van der Waals surface area contributed by atoms with E-state index < -0.39 is 0 Å². The highest BCUT2D eigenvalue weighted by Gasteiger charge is 2.29. The first-order valence-corrected chi connectivity index (χ1v) is 9.45. The number of amides is 1. The second-order valence-electron chi connectivity index (χ2n) is 7.14. The van der Waals surface area contributed by atoms with Crippen LogP contribution in [0.25, 0.3) is 11.4 Å². The van der Waals surface area contributed by atoms with Gasteiger partial charge in [-0.25, -0.2) is 0 Å². The molecule has 0 saturated heterocycles. The minimum atomic E-state index is -0.197. The molecular weight excluding hydrogens is 356 g/mol. The molecule has 1 aromatic carbocycles. The molecule has 4 rings (SSSR count). The molecule has 7 nitrogen and oxygen atoms in total. The largest absolute Gasteiger partial charge is 0.396 e. The van der Waals surface area contributed by atoms with E-state index in [1.165, 1.54) is 0 Å². The maximum absolute atomic E-state index is 12.6. The van der Waals surface area contributed by atoms with Gasteiger partial charge in [-0.15, -0.1) is 0 Å². The summed E-state index contributed by atoms with van der Waals surface area (Å²) in [6.07, 6.45) is 6.32. The Morgan fingerprint density at radius 1 is 1.29 bits per heavy atom. The van der Waals surface area contributed by atoms with Crippen molar-refractivity contribution in [3.05, 3.63) is 65.8 Å². The Kier molecular flexibility index (Phi) is 5.43. The Hall–Kier alpha value is -3.06. The van der Waals surface area contributed by atoms with Gasteiger partial charge in [-0.1, -0.05) is 23.4 Å². The Labute approximate surface area is 162 Å². The fourth-order valence-electron chi connectivity index (χ4n) is 3.04. The topological polar surface area (TPSA) is 101 Å². The maximum atomic E-state index is 12.6. The molecule has 3 aromatic rings. The van der Waals surface area contributed by atoms with Gasteiger partial charge in [0, 0.05) is 48.5 Å². The van der Waals surface area contributed by atoms with E-state index in [1.807, 2.05) is 18.2 Å². The van der Waals surface area contributed by atoms with E-state index in [0.717, 1.165) is 24.0 Å². The van der Waals surface area contributed by atoms with Crippen LogP contribution in [0.3, 0.4) is 0 Å². The molecule has 1 unspecified atom stereocenters. The molecule has 1 fully saturated rings. The third kappa shape index (κ3) is 4.43. The van der Waals surface area contributed by atoms with Crippen molar-refractivity contribution in [2.24, 2.45) is 5.92 Å². The SMILES string of the molecule is O=C(NCC(CO)Cc1cccnc1)c1cccc(-c2noc(C3CC3)n2)c1. The quantitative estimate of drug-likeness (QED) is 0.625. The number of hydrogen-bond donors (Lipinski definition) is 2. The van der Waals surface area contributed by atoms with Crippen molar-refractivity contribution >= 4 is 5.91 Å². The van der Waals surface area contributed by atoms with Crippen LogP contribution in [0.4, 0.5) is 0 Å². The minimum absolute atomic E-state index is 0.0119. The molecule has 28 heavy (non-hydrogen) atoms. The van der Waals surface area contributed by atoms with Crippen LogP contribution in [-0.2, 0) is 6.42 Å². The highest BCUT2D eigenvalue weighted by Crippen LogP contribution is 2.39. The summed E-state index contributed by atoms with van der Waals surface area (Å²) < 4.78 is 5.30. The van der Waals surface area contributed by atoms with Gasteiger partial charge in [-0.05, 0) is 43.0 Å². The summed E-state index contributed by atoms with van der Waals surface area (Å²) in [5.74, 6) is 1.29. The molecule has 0 bridgehead atoms. The van der Waals surface area contributed by atoms with Gasteiger partial charge in [0.05, 0.1) is 0 Å². The molecule has 0 radical (unpaired) electrons. The number of hydrogen-bond acceptors (Lipinski definition) is 6. The summed E-state index contributed by atoms with van der Waals surface area (Å²) >= 11 is 0. The number of nitrogens with one attached hydrogen (secondary N) is 1. The molecule has 1 aliphatic rings. The van der Waals surface area contributed by atoms with Gasteiger partial charge in [0.1, 0.15) is 0 Å². The summed E-state index contributed by atoms with van der Waals surface area (Å²) in [7, 11) is 0. The predicted octanol–water partition coefficient (Wildman–Crippen LogP) is 2.59. The Morgan fingerprint density at radius 2 is 2.18 bits per heavy atom. The van der Waals surface area contributed by atoms with E-state index in [2.05, 4.69) is 20.4 Å². The number of carbonyl (C=O) groups excluding carboxylic acids is 1. The lowest BCUT2D eigenvalue weighted by Gasteiger charge is -2.15. The van der Waals surface area contributed by atoms with Crippen molar-refractivity contribution in [2.75, 3.05) is 13.2 Å². The van der Waals surface area contributed by atoms with E-state index >= 15 is 0 Å². The summed E-state index contributed by atoms with van der Waals surface area (Å²) in [6.45, 7) is 0.366. The molecule has 2 N–H and O–H groups in total. The first kappa shape index (κ1) is 18.3. The average molecular weight is 378 g/mol. The number of aliphatic hydroxyl groups excluding tert-OH is 1. The third-order valence-electron chi connectivity index (χ3n) is 4.81. The van der Waals surface area contributed by atoms with Gasteiger partial charge in [0.2, 0.25) is 11.7 Å². The van der Waals surface area contributed by atoms with E-state index in [4.69, 9.17) is 4.52 Å². The van der Waals surface area contributed by atoms with Gasteiger partial charge >= 0.3 is 0 Å². The summed E-state index contributed by atoms with van der Waals surface area (Å²) in [6, 6.07) is 11.0. The van der Waals surface area contributed by atoms with E-state index in [0.29, 0.717) is 36.2 Å². The van der Waals surface area contributed by atoms with Gasteiger partial charge in [-0.3, -0.25) is 9.78 Å². The number of benzene rings is 1. The molecule has 2 aromatic heterocycles. The zero-order valence-electron chi connectivity index (χ0n) is 15.4. The molecule has 0 spiro atoms. The van der Waals surface area contributed by atoms with Crippen molar-refractivity contribution in [3.8, 4) is 11.4 Å². The van der Waals surface area contributed by atoms with Crippen molar-refractivity contribution in [2.45, 2.75) is 25.2 Å². The van der Waals surface area contributed by atoms with E-state index in [-0.39, 0.29) is 18.4 Å². The number of aliphatic hydroxyl groups is 1. The molecule has 0 aliphatic heterocycles. The second kappa shape index (κ2) is 8.31. The summed E-state index contributed by atoms with van der Waals surface area (Å²) in [5.41, 5.74) is 2.30. The Balaban J connectivity index is 1.38. The number of carbonyl (C=O) groups is 1. The molecule has 1 amide bonds. The predicted molar refractivity (Wildman–Crippen MR) is 103 cm³/mol. The standard InChI is InChI=1S/C21H22N4O3/c26-13-15(9-14-3-2-8-22-11-14)12-23-20(27)18-5-1-4-17(10-18)19-24-21(28-25-19)16-6-7-16/h1-5,8,10-11,15-16,26H,6-7,9,12-13H2,(H,23,27). The highest BCUT2D eigenvalue weighted by atomic mass is 16.5. The van der Waals surface area contributed by atoms with Gasteiger partial charge in [0.15, 0.2) is 0 Å². The minimum Gasteiger partial charge on any atom is -0.396 e. The van der Waals surface area contributed by atoms with Crippen LogP contribution in [0.5, 0.6) is 0 Å². The Bertz CT molecular complexity index is 938. The fraction of sp³-hybridized carbons (Fsp3) is 0.333. The van der Waals surface area contributed by atoms with Crippen molar-refractivity contribution in [1.82, 2.24) is 20.4 Å². The van der Waals surface area contributed by atoms with Crippen LogP contribution in [0.2, 0.25) is 0 Å². The number of pyridine rings is 1. The molecular formula is C21H22N4O3. The molecule has 7 heteroatoms. The van der Waals surface area contributed by atoms with Gasteiger partial charge in [0.25, 0.3) is 5.91 Å². The Morgan fingerprint density at radius 3 is 2.93 bits per heavy atom. The number of aromatic nitrogens is 3. The zero-order chi connectivity index (χ0) is 19.3. The van der Waals surface area contributed by atoms with Crippen LogP contribution < -0.4 is 5.32 Å². The van der Waals surface area contributed by atoms with E-state index in [1.54, 1.807) is 30.6 Å². The molecule has 1 atom stereocenters. The van der Waals surface area contributed by atoms with Crippen LogP contribution in [-0.4, -0.2) is 39.3 Å². The first-order valence-electron chi connectivity index (χ1n) is 9.45. The van der Waals surface area contributed by atoms with E-state index in [9.17, 15) is 9.90 Å². The number of rotatable bonds is 8. The lowest BCUT2D eigenvalue weighted by molar-refractivity contribution is 0.0940. The monoisotopic (exact) mass is 378 g/mol. The summed E-state index contributed by atoms with van der Waals surface area (Å²) in [5, 5.41) is 16.5. The molecule has 1 aliphatic carbocycles. The van der Waals surface area contributed by atoms with Crippen LogP contribution in [0.15, 0.2) is 53.3 Å². The zero-order valence-corrected chi connectivity index (χ0v) is 15.4. The highest BCUT2D eigenvalue weighted by molar-refractivity contribution is 5.95. The van der Waals surface area contributed by atoms with Crippen molar-refractivity contribution < 1.29 is 14.4 Å². The second-order valence-corrected chi connectivity index (χ2v) is 7.14. The van der Waals surface area contributed by atoms with Crippen molar-refractivity contribution in [1.29, 1.82) is 0 Å². The fourth-order valence-corrected chi connectivity index (χ4v) is 3.04. The van der Waals surface area contributed by atoms with Crippen LogP contribution >= 0.6 is 0 Å². The third-order valence-corrected chi connectivity index (χ3v) is 4.81. The lowest BCUT2D eigenvalue weighted by atomic mass is 10.0. The average Bonchev–Trinajstić information content (AvgIpc) is 3.48. The smallest absolute Gasteiger partial charge is 0.251 e. The normalized spacial score (nSPS) is 14.6. The van der Waals surface area contributed by atoms with Crippen LogP contribution in [0, 0.1) is 5.92 Å². The first-order chi connectivity index (χ1) is 13.7. The molecule has 144 valence electrons. The summed E-state index contributed by atoms with van der Waals surface area (Å²) in [4.78, 5) is 21.1. The molecule has 2 heterocycles. The van der Waals surface area contributed by atoms with Gasteiger partial charge in [-0.2, -0.15) is 4.98 Å². The maximum Gasteiger partial charge on any atom is 0.251 e. The van der Waals surface area contributed by atoms with Crippen LogP contribution in [0.1, 0.15) is 40.6 Å². The van der Waals surface area contributed by atoms with Crippen molar-refractivity contribution in [3.63, 3.8) is 0 Å². The lowest BCUT2D eigenvalue weighted by Crippen LogP contribution is -2.31. The van der Waals surface area contributed by atoms with Gasteiger partial charge < -0.3 is 14.9 Å².